The molecule has 0 radical (unpaired) electrons. The zero-order valence-corrected chi connectivity index (χ0v) is 9.84. The van der Waals surface area contributed by atoms with Crippen molar-refractivity contribution in [2.75, 3.05) is 16.8 Å². The van der Waals surface area contributed by atoms with Crippen molar-refractivity contribution in [3.63, 3.8) is 0 Å². The molecular weight excluding hydrogens is 226 g/mol. The Labute approximate surface area is 105 Å². The van der Waals surface area contributed by atoms with Gasteiger partial charge in [0, 0.05) is 30.3 Å². The van der Waals surface area contributed by atoms with Crippen molar-refractivity contribution in [2.24, 2.45) is 0 Å². The van der Waals surface area contributed by atoms with Gasteiger partial charge in [-0.05, 0) is 30.2 Å². The highest BCUT2D eigenvalue weighted by Crippen LogP contribution is 2.27. The first-order valence-electron chi connectivity index (χ1n) is 5.91. The highest BCUT2D eigenvalue weighted by Gasteiger charge is 2.23. The van der Waals surface area contributed by atoms with Crippen LogP contribution in [-0.4, -0.2) is 17.6 Å². The molecule has 4 nitrogen and oxygen atoms in total. The molecule has 1 aromatic carbocycles. The molecule has 0 aliphatic carbocycles. The molecule has 1 N–H and O–H groups in total. The quantitative estimate of drug-likeness (QED) is 0.831. The second-order valence-electron chi connectivity index (χ2n) is 4.20. The summed E-state index contributed by atoms with van der Waals surface area (Å²) in [5.74, 6) is 0. The average Bonchev–Trinajstić information content (AvgIpc) is 2.84. The Morgan fingerprint density at radius 2 is 1.94 bits per heavy atom. The first-order chi connectivity index (χ1) is 8.84. The van der Waals surface area contributed by atoms with Crippen molar-refractivity contribution >= 4 is 17.4 Å². The molecule has 2 amide bonds. The van der Waals surface area contributed by atoms with Crippen LogP contribution in [0.15, 0.2) is 48.8 Å². The zero-order chi connectivity index (χ0) is 12.4. The number of urea groups is 1. The highest BCUT2D eigenvalue weighted by molar-refractivity contribution is 6.03. The predicted molar refractivity (Wildman–Crippen MR) is 70.7 cm³/mol. The monoisotopic (exact) mass is 239 g/mol. The van der Waals surface area contributed by atoms with Gasteiger partial charge in [0.2, 0.25) is 0 Å². The van der Waals surface area contributed by atoms with E-state index in [1.807, 2.05) is 18.2 Å². The molecule has 0 unspecified atom stereocenters. The third kappa shape index (κ3) is 1.93. The van der Waals surface area contributed by atoms with Crippen molar-refractivity contribution in [3.05, 3.63) is 54.4 Å². The number of aromatic nitrogens is 1. The van der Waals surface area contributed by atoms with Gasteiger partial charge in [0.25, 0.3) is 0 Å². The summed E-state index contributed by atoms with van der Waals surface area (Å²) in [5, 5.41) is 2.87. The van der Waals surface area contributed by atoms with E-state index in [0.29, 0.717) is 0 Å². The molecule has 2 aromatic rings. The van der Waals surface area contributed by atoms with Gasteiger partial charge in [-0.3, -0.25) is 9.88 Å². The Morgan fingerprint density at radius 3 is 2.78 bits per heavy atom. The number of carbonyl (C=O) groups is 1. The Morgan fingerprint density at radius 1 is 1.17 bits per heavy atom. The maximum absolute atomic E-state index is 12.2. The topological polar surface area (TPSA) is 45.2 Å². The third-order valence-electron chi connectivity index (χ3n) is 3.06. The van der Waals surface area contributed by atoms with E-state index >= 15 is 0 Å². The number of benzene rings is 1. The SMILES string of the molecule is O=C(Nc1ccncc1)N1CCc2ccccc21. The summed E-state index contributed by atoms with van der Waals surface area (Å²) in [4.78, 5) is 17.9. The molecule has 0 bridgehead atoms. The summed E-state index contributed by atoms with van der Waals surface area (Å²) in [5.41, 5.74) is 2.99. The Hall–Kier alpha value is -2.36. The van der Waals surface area contributed by atoms with Crippen LogP contribution in [0.4, 0.5) is 16.2 Å². The minimum absolute atomic E-state index is 0.0915. The van der Waals surface area contributed by atoms with Crippen molar-refractivity contribution in [1.29, 1.82) is 0 Å². The fourth-order valence-electron chi connectivity index (χ4n) is 2.18. The van der Waals surface area contributed by atoms with Gasteiger partial charge in [-0.2, -0.15) is 0 Å². The van der Waals surface area contributed by atoms with Crippen LogP contribution in [0, 0.1) is 0 Å². The van der Waals surface area contributed by atoms with E-state index in [-0.39, 0.29) is 6.03 Å². The minimum Gasteiger partial charge on any atom is -0.307 e. The predicted octanol–water partition coefficient (Wildman–Crippen LogP) is 2.68. The van der Waals surface area contributed by atoms with E-state index in [4.69, 9.17) is 0 Å². The van der Waals surface area contributed by atoms with Gasteiger partial charge < -0.3 is 5.32 Å². The van der Waals surface area contributed by atoms with Crippen LogP contribution < -0.4 is 10.2 Å². The molecule has 3 rings (SSSR count). The number of pyridine rings is 1. The van der Waals surface area contributed by atoms with Crippen LogP contribution >= 0.6 is 0 Å². The van der Waals surface area contributed by atoms with Crippen LogP contribution in [0.25, 0.3) is 0 Å². The number of nitrogens with one attached hydrogen (secondary N) is 1. The number of amides is 2. The summed E-state index contributed by atoms with van der Waals surface area (Å²) in [6.07, 6.45) is 4.24. The lowest BCUT2D eigenvalue weighted by molar-refractivity contribution is 0.257. The van der Waals surface area contributed by atoms with Crippen LogP contribution in [0.3, 0.4) is 0 Å². The van der Waals surface area contributed by atoms with Crippen LogP contribution in [-0.2, 0) is 6.42 Å². The Balaban J connectivity index is 1.79. The standard InChI is InChI=1S/C14H13N3O/c18-14(16-12-5-8-15-9-6-12)17-10-7-11-3-1-2-4-13(11)17/h1-6,8-9H,7,10H2,(H,15,16,18). The lowest BCUT2D eigenvalue weighted by Crippen LogP contribution is -2.33. The van der Waals surface area contributed by atoms with Gasteiger partial charge in [0.05, 0.1) is 0 Å². The number of para-hydroxylation sites is 1. The Kier molecular flexibility index (Phi) is 2.68. The van der Waals surface area contributed by atoms with Crippen LogP contribution in [0.2, 0.25) is 0 Å². The maximum atomic E-state index is 12.2. The smallest absolute Gasteiger partial charge is 0.307 e. The second kappa shape index (κ2) is 4.49. The fraction of sp³-hybridized carbons (Fsp3) is 0.143. The van der Waals surface area contributed by atoms with Crippen molar-refractivity contribution < 1.29 is 4.79 Å². The van der Waals surface area contributed by atoms with E-state index in [1.165, 1.54) is 5.56 Å². The molecule has 0 saturated carbocycles. The van der Waals surface area contributed by atoms with E-state index in [9.17, 15) is 4.79 Å². The molecule has 1 aliphatic rings. The number of anilines is 2. The molecule has 4 heteroatoms. The number of hydrogen-bond acceptors (Lipinski definition) is 2. The number of carbonyl (C=O) groups excluding carboxylic acids is 1. The summed E-state index contributed by atoms with van der Waals surface area (Å²) < 4.78 is 0. The second-order valence-corrected chi connectivity index (χ2v) is 4.20. The van der Waals surface area contributed by atoms with Crippen LogP contribution in [0.1, 0.15) is 5.56 Å². The van der Waals surface area contributed by atoms with Crippen LogP contribution in [0.5, 0.6) is 0 Å². The molecule has 0 spiro atoms. The molecule has 1 aromatic heterocycles. The van der Waals surface area contributed by atoms with E-state index in [1.54, 1.807) is 29.4 Å². The Bertz CT molecular complexity index is 568. The number of nitrogens with zero attached hydrogens (tertiary/aromatic N) is 2. The van der Waals surface area contributed by atoms with Crippen molar-refractivity contribution in [1.82, 2.24) is 4.98 Å². The molecule has 2 heterocycles. The summed E-state index contributed by atoms with van der Waals surface area (Å²) >= 11 is 0. The summed E-state index contributed by atoms with van der Waals surface area (Å²) in [7, 11) is 0. The summed E-state index contributed by atoms with van der Waals surface area (Å²) in [6, 6.07) is 11.5. The van der Waals surface area contributed by atoms with E-state index < -0.39 is 0 Å². The zero-order valence-electron chi connectivity index (χ0n) is 9.84. The fourth-order valence-corrected chi connectivity index (χ4v) is 2.18. The number of hydrogen-bond donors (Lipinski definition) is 1. The third-order valence-corrected chi connectivity index (χ3v) is 3.06. The van der Waals surface area contributed by atoms with E-state index in [0.717, 1.165) is 24.3 Å². The van der Waals surface area contributed by atoms with Crippen molar-refractivity contribution in [2.45, 2.75) is 6.42 Å². The number of rotatable bonds is 1. The first-order valence-corrected chi connectivity index (χ1v) is 5.91. The molecule has 0 fully saturated rings. The molecular formula is C14H13N3O. The van der Waals surface area contributed by atoms with Gasteiger partial charge in [0.1, 0.15) is 0 Å². The van der Waals surface area contributed by atoms with Gasteiger partial charge >= 0.3 is 6.03 Å². The molecule has 0 atom stereocenters. The lowest BCUT2D eigenvalue weighted by Gasteiger charge is -2.17. The number of fused-ring (bicyclic) bond motifs is 1. The minimum atomic E-state index is -0.0915. The lowest BCUT2D eigenvalue weighted by atomic mass is 10.2. The van der Waals surface area contributed by atoms with Gasteiger partial charge in [0.15, 0.2) is 0 Å². The molecule has 18 heavy (non-hydrogen) atoms. The highest BCUT2D eigenvalue weighted by atomic mass is 16.2. The van der Waals surface area contributed by atoms with E-state index in [2.05, 4.69) is 16.4 Å². The molecule has 0 saturated heterocycles. The first kappa shape index (κ1) is 10.8. The summed E-state index contributed by atoms with van der Waals surface area (Å²) in [6.45, 7) is 0.732. The largest absolute Gasteiger partial charge is 0.326 e. The average molecular weight is 239 g/mol. The van der Waals surface area contributed by atoms with Gasteiger partial charge in [-0.25, -0.2) is 4.79 Å². The normalized spacial score (nSPS) is 13.2. The van der Waals surface area contributed by atoms with Gasteiger partial charge in [-0.15, -0.1) is 0 Å². The van der Waals surface area contributed by atoms with Gasteiger partial charge in [-0.1, -0.05) is 18.2 Å². The van der Waals surface area contributed by atoms with Crippen molar-refractivity contribution in [3.8, 4) is 0 Å². The molecule has 90 valence electrons. The maximum Gasteiger partial charge on any atom is 0.326 e. The molecule has 1 aliphatic heterocycles.